The Bertz CT molecular complexity index is 1260. The first-order valence-electron chi connectivity index (χ1n) is 11.1. The molecular formula is C23H24Cl2N4O5S. The van der Waals surface area contributed by atoms with Crippen LogP contribution in [0.25, 0.3) is 0 Å². The standard InChI is InChI=1S/C23H24Cl2N4O5S/c24-17-1-6-21(22(25)11-17)23(14-29-16-26-15-27-29)33-13-20(34-23)12-32-19-4-2-18(3-5-19)28-7-9-35(30,31)10-8-28/h1-6,11,15-16,20H,7-10,12-14H2. The fraction of sp³-hybridized carbons (Fsp3) is 0.391. The minimum Gasteiger partial charge on any atom is -0.491 e. The molecule has 1 aromatic heterocycles. The zero-order valence-corrected chi connectivity index (χ0v) is 21.0. The molecule has 2 aliphatic rings. The molecule has 35 heavy (non-hydrogen) atoms. The molecule has 2 aliphatic heterocycles. The van der Waals surface area contributed by atoms with E-state index in [9.17, 15) is 8.42 Å². The Kier molecular flexibility index (Phi) is 6.91. The van der Waals surface area contributed by atoms with Gasteiger partial charge in [-0.2, -0.15) is 5.10 Å². The Morgan fingerprint density at radius 2 is 1.89 bits per heavy atom. The van der Waals surface area contributed by atoms with Gasteiger partial charge in [-0.1, -0.05) is 29.3 Å². The van der Waals surface area contributed by atoms with Crippen molar-refractivity contribution in [3.05, 3.63) is 70.7 Å². The first-order chi connectivity index (χ1) is 16.8. The third kappa shape index (κ3) is 5.57. The Hall–Kier alpha value is -2.37. The largest absolute Gasteiger partial charge is 0.491 e. The second-order valence-corrected chi connectivity index (χ2v) is 11.6. The van der Waals surface area contributed by atoms with Crippen LogP contribution >= 0.6 is 23.2 Å². The monoisotopic (exact) mass is 538 g/mol. The molecule has 0 saturated carbocycles. The SMILES string of the molecule is O=S1(=O)CCN(c2ccc(OCC3COC(Cn4cncn4)(c4ccc(Cl)cc4Cl)O3)cc2)CC1. The summed E-state index contributed by atoms with van der Waals surface area (Å²) in [5.41, 5.74) is 1.62. The summed E-state index contributed by atoms with van der Waals surface area (Å²) in [5, 5.41) is 5.13. The van der Waals surface area contributed by atoms with Gasteiger partial charge in [-0.05, 0) is 36.4 Å². The van der Waals surface area contributed by atoms with Gasteiger partial charge in [-0.3, -0.25) is 0 Å². The summed E-state index contributed by atoms with van der Waals surface area (Å²) in [4.78, 5) is 6.06. The summed E-state index contributed by atoms with van der Waals surface area (Å²) in [5.74, 6) is -0.126. The molecule has 2 aromatic carbocycles. The van der Waals surface area contributed by atoms with Crippen molar-refractivity contribution in [2.24, 2.45) is 0 Å². The molecule has 0 bridgehead atoms. The van der Waals surface area contributed by atoms with E-state index in [-0.39, 0.29) is 30.8 Å². The fourth-order valence-electron chi connectivity index (χ4n) is 4.20. The van der Waals surface area contributed by atoms with Gasteiger partial charge in [-0.15, -0.1) is 0 Å². The van der Waals surface area contributed by atoms with E-state index >= 15 is 0 Å². The van der Waals surface area contributed by atoms with E-state index in [0.29, 0.717) is 41.1 Å². The predicted molar refractivity (Wildman–Crippen MR) is 132 cm³/mol. The molecule has 5 rings (SSSR count). The van der Waals surface area contributed by atoms with Crippen LogP contribution in [0.2, 0.25) is 10.0 Å². The van der Waals surface area contributed by atoms with E-state index in [1.165, 1.54) is 6.33 Å². The second-order valence-electron chi connectivity index (χ2n) is 8.46. The van der Waals surface area contributed by atoms with Crippen molar-refractivity contribution in [2.75, 3.05) is 42.7 Å². The third-order valence-corrected chi connectivity index (χ3v) is 8.18. The van der Waals surface area contributed by atoms with Crippen molar-refractivity contribution >= 4 is 38.7 Å². The van der Waals surface area contributed by atoms with Crippen molar-refractivity contribution in [3.63, 3.8) is 0 Å². The lowest BCUT2D eigenvalue weighted by molar-refractivity contribution is -0.190. The van der Waals surface area contributed by atoms with Gasteiger partial charge in [0, 0.05) is 29.4 Å². The molecule has 12 heteroatoms. The van der Waals surface area contributed by atoms with Crippen LogP contribution in [0, 0.1) is 0 Å². The fourth-order valence-corrected chi connectivity index (χ4v) is 5.95. The molecule has 186 valence electrons. The second kappa shape index (κ2) is 9.94. The first kappa shape index (κ1) is 24.3. The average Bonchev–Trinajstić information content (AvgIpc) is 3.49. The van der Waals surface area contributed by atoms with Crippen molar-refractivity contribution in [2.45, 2.75) is 18.4 Å². The molecule has 0 aliphatic carbocycles. The molecule has 2 atom stereocenters. The zero-order valence-electron chi connectivity index (χ0n) is 18.7. The third-order valence-electron chi connectivity index (χ3n) is 6.02. The van der Waals surface area contributed by atoms with E-state index in [1.807, 2.05) is 24.3 Å². The molecular weight excluding hydrogens is 515 g/mol. The number of rotatable bonds is 7. The van der Waals surface area contributed by atoms with E-state index in [0.717, 1.165) is 5.69 Å². The minimum absolute atomic E-state index is 0.179. The van der Waals surface area contributed by atoms with Crippen LogP contribution in [-0.2, 0) is 31.6 Å². The van der Waals surface area contributed by atoms with Gasteiger partial charge < -0.3 is 19.1 Å². The van der Waals surface area contributed by atoms with Crippen LogP contribution in [0.3, 0.4) is 0 Å². The number of halogens is 2. The van der Waals surface area contributed by atoms with Crippen LogP contribution in [0.15, 0.2) is 55.1 Å². The zero-order chi connectivity index (χ0) is 24.5. The summed E-state index contributed by atoms with van der Waals surface area (Å²) in [6.45, 7) is 1.82. The molecule has 9 nitrogen and oxygen atoms in total. The van der Waals surface area contributed by atoms with Gasteiger partial charge in [0.15, 0.2) is 9.84 Å². The molecule has 0 spiro atoms. The smallest absolute Gasteiger partial charge is 0.217 e. The van der Waals surface area contributed by atoms with E-state index in [1.54, 1.807) is 29.2 Å². The topological polar surface area (TPSA) is 95.8 Å². The highest BCUT2D eigenvalue weighted by Gasteiger charge is 2.45. The summed E-state index contributed by atoms with van der Waals surface area (Å²) in [7, 11) is -2.92. The van der Waals surface area contributed by atoms with Crippen molar-refractivity contribution in [1.82, 2.24) is 14.8 Å². The number of hydrogen-bond donors (Lipinski definition) is 0. The number of benzene rings is 2. The van der Waals surface area contributed by atoms with Crippen molar-refractivity contribution < 1.29 is 22.6 Å². The van der Waals surface area contributed by atoms with Crippen LogP contribution < -0.4 is 9.64 Å². The van der Waals surface area contributed by atoms with Gasteiger partial charge in [0.1, 0.15) is 37.7 Å². The molecule has 3 heterocycles. The molecule has 3 aromatic rings. The van der Waals surface area contributed by atoms with Gasteiger partial charge in [0.25, 0.3) is 0 Å². The Labute approximate surface area is 213 Å². The van der Waals surface area contributed by atoms with Gasteiger partial charge >= 0.3 is 0 Å². The number of ether oxygens (including phenoxy) is 3. The highest BCUT2D eigenvalue weighted by Crippen LogP contribution is 2.40. The van der Waals surface area contributed by atoms with Crippen LogP contribution in [0.1, 0.15) is 5.56 Å². The quantitative estimate of drug-likeness (QED) is 0.452. The van der Waals surface area contributed by atoms with Crippen LogP contribution in [-0.4, -0.2) is 67.1 Å². The van der Waals surface area contributed by atoms with E-state index in [4.69, 9.17) is 37.4 Å². The highest BCUT2D eigenvalue weighted by atomic mass is 35.5. The van der Waals surface area contributed by atoms with Crippen LogP contribution in [0.5, 0.6) is 5.75 Å². The number of aromatic nitrogens is 3. The van der Waals surface area contributed by atoms with Crippen molar-refractivity contribution in [3.8, 4) is 5.75 Å². The molecule has 2 unspecified atom stereocenters. The van der Waals surface area contributed by atoms with E-state index in [2.05, 4.69) is 15.0 Å². The van der Waals surface area contributed by atoms with Crippen LogP contribution in [0.4, 0.5) is 5.69 Å². The van der Waals surface area contributed by atoms with Gasteiger partial charge in [-0.25, -0.2) is 18.1 Å². The minimum atomic E-state index is -2.92. The lowest BCUT2D eigenvalue weighted by atomic mass is 10.1. The summed E-state index contributed by atoms with van der Waals surface area (Å²) in [6.07, 6.45) is 2.68. The number of anilines is 1. The number of hydrogen-bond acceptors (Lipinski definition) is 8. The van der Waals surface area contributed by atoms with Crippen molar-refractivity contribution in [1.29, 1.82) is 0 Å². The summed E-state index contributed by atoms with van der Waals surface area (Å²) < 4.78 is 43.4. The average molecular weight is 539 g/mol. The highest BCUT2D eigenvalue weighted by molar-refractivity contribution is 7.91. The predicted octanol–water partition coefficient (Wildman–Crippen LogP) is 3.17. The molecule has 0 N–H and O–H groups in total. The maximum atomic E-state index is 11.7. The molecule has 0 amide bonds. The molecule has 2 saturated heterocycles. The van der Waals surface area contributed by atoms with E-state index < -0.39 is 15.6 Å². The maximum absolute atomic E-state index is 11.7. The maximum Gasteiger partial charge on any atom is 0.217 e. The first-order valence-corrected chi connectivity index (χ1v) is 13.7. The summed E-state index contributed by atoms with van der Waals surface area (Å²) in [6, 6.07) is 12.8. The lowest BCUT2D eigenvalue weighted by Crippen LogP contribution is -2.40. The number of nitrogens with zero attached hydrogens (tertiary/aromatic N) is 4. The summed E-state index contributed by atoms with van der Waals surface area (Å²) >= 11 is 12.6. The normalized spacial score (nSPS) is 23.9. The lowest BCUT2D eigenvalue weighted by Gasteiger charge is -2.29. The van der Waals surface area contributed by atoms with Gasteiger partial charge in [0.2, 0.25) is 5.79 Å². The Morgan fingerprint density at radius 3 is 2.57 bits per heavy atom. The van der Waals surface area contributed by atoms with Gasteiger partial charge in [0.05, 0.1) is 23.1 Å². The molecule has 0 radical (unpaired) electrons. The Morgan fingerprint density at radius 1 is 1.11 bits per heavy atom. The number of sulfone groups is 1. The molecule has 2 fully saturated rings. The Balaban J connectivity index is 1.24.